The van der Waals surface area contributed by atoms with Gasteiger partial charge in [0.2, 0.25) is 0 Å². The molecule has 0 aliphatic rings. The Balaban J connectivity index is 1.94. The zero-order chi connectivity index (χ0) is 27.4. The monoisotopic (exact) mass is 535 g/mol. The molecule has 0 heterocycles. The van der Waals surface area contributed by atoms with Crippen molar-refractivity contribution < 1.29 is 35.9 Å². The molecular weight excluding hydrogens is 507 g/mol. The first-order valence-electron chi connectivity index (χ1n) is 11.6. The molecule has 0 amide bonds. The van der Waals surface area contributed by atoms with Crippen LogP contribution in [0.15, 0.2) is 71.6 Å². The third kappa shape index (κ3) is 6.62. The van der Waals surface area contributed by atoms with Crippen molar-refractivity contribution in [2.45, 2.75) is 44.4 Å². The SMILES string of the molecule is CCCN(c1ccc(-c2ccc(OC(F)(F)F)cc2)cc1)S(=O)(=O)c1ccc(C(C)C)c(C(=O)OC)c1. The molecule has 37 heavy (non-hydrogen) atoms. The van der Waals surface area contributed by atoms with Crippen molar-refractivity contribution in [1.29, 1.82) is 0 Å². The van der Waals surface area contributed by atoms with E-state index >= 15 is 0 Å². The first-order chi connectivity index (χ1) is 17.4. The van der Waals surface area contributed by atoms with Gasteiger partial charge in [0.15, 0.2) is 0 Å². The molecule has 0 saturated heterocycles. The molecule has 198 valence electrons. The number of alkyl halides is 3. The van der Waals surface area contributed by atoms with E-state index in [1.165, 1.54) is 47.8 Å². The van der Waals surface area contributed by atoms with E-state index in [2.05, 4.69) is 4.74 Å². The molecule has 0 unspecified atom stereocenters. The number of rotatable bonds is 9. The molecule has 0 radical (unpaired) electrons. The molecule has 3 aromatic rings. The van der Waals surface area contributed by atoms with Gasteiger partial charge < -0.3 is 9.47 Å². The molecule has 0 atom stereocenters. The van der Waals surface area contributed by atoms with Crippen molar-refractivity contribution in [3.05, 3.63) is 77.9 Å². The fraction of sp³-hybridized carbons (Fsp3) is 0.296. The van der Waals surface area contributed by atoms with Crippen molar-refractivity contribution in [1.82, 2.24) is 0 Å². The average molecular weight is 536 g/mol. The first kappa shape index (κ1) is 28.0. The Hall–Kier alpha value is -3.53. The van der Waals surface area contributed by atoms with E-state index in [0.717, 1.165) is 0 Å². The summed E-state index contributed by atoms with van der Waals surface area (Å²) in [5, 5.41) is 0. The number of hydrogen-bond acceptors (Lipinski definition) is 5. The largest absolute Gasteiger partial charge is 0.573 e. The van der Waals surface area contributed by atoms with Gasteiger partial charge in [-0.05, 0) is 65.4 Å². The van der Waals surface area contributed by atoms with Gasteiger partial charge in [-0.2, -0.15) is 0 Å². The van der Waals surface area contributed by atoms with E-state index in [-0.39, 0.29) is 28.7 Å². The molecule has 0 aliphatic carbocycles. The van der Waals surface area contributed by atoms with Gasteiger partial charge >= 0.3 is 12.3 Å². The molecule has 10 heteroatoms. The van der Waals surface area contributed by atoms with Crippen LogP contribution in [-0.2, 0) is 14.8 Å². The zero-order valence-corrected chi connectivity index (χ0v) is 21.7. The number of halogens is 3. The lowest BCUT2D eigenvalue weighted by Crippen LogP contribution is -2.32. The highest BCUT2D eigenvalue weighted by Crippen LogP contribution is 2.31. The lowest BCUT2D eigenvalue weighted by molar-refractivity contribution is -0.274. The summed E-state index contributed by atoms with van der Waals surface area (Å²) in [6.07, 6.45) is -4.24. The highest BCUT2D eigenvalue weighted by Gasteiger charge is 2.31. The lowest BCUT2D eigenvalue weighted by atomic mass is 9.97. The van der Waals surface area contributed by atoms with Crippen LogP contribution in [-0.4, -0.2) is 34.4 Å². The molecule has 0 aromatic heterocycles. The maximum Gasteiger partial charge on any atom is 0.573 e. The van der Waals surface area contributed by atoms with Crippen molar-refractivity contribution in [2.75, 3.05) is 18.0 Å². The summed E-state index contributed by atoms with van der Waals surface area (Å²) in [5.41, 5.74) is 2.62. The number of ether oxygens (including phenoxy) is 2. The minimum atomic E-state index is -4.77. The predicted molar refractivity (Wildman–Crippen MR) is 135 cm³/mol. The van der Waals surface area contributed by atoms with E-state index in [1.54, 1.807) is 30.3 Å². The highest BCUT2D eigenvalue weighted by atomic mass is 32.2. The predicted octanol–water partition coefficient (Wildman–Crippen LogP) is 6.77. The normalized spacial score (nSPS) is 11.9. The van der Waals surface area contributed by atoms with Crippen molar-refractivity contribution in [3.8, 4) is 16.9 Å². The molecule has 0 N–H and O–H groups in total. The summed E-state index contributed by atoms with van der Waals surface area (Å²) in [5.74, 6) is -0.957. The molecular formula is C27H28F3NO5S. The fourth-order valence-corrected chi connectivity index (χ4v) is 5.46. The Morgan fingerprint density at radius 1 is 0.946 bits per heavy atom. The van der Waals surface area contributed by atoms with Gasteiger partial charge in [0, 0.05) is 6.54 Å². The zero-order valence-electron chi connectivity index (χ0n) is 20.9. The van der Waals surface area contributed by atoms with Crippen molar-refractivity contribution >= 4 is 21.7 Å². The number of esters is 1. The van der Waals surface area contributed by atoms with E-state index in [4.69, 9.17) is 4.74 Å². The van der Waals surface area contributed by atoms with E-state index in [0.29, 0.717) is 28.8 Å². The quantitative estimate of drug-likeness (QED) is 0.283. The number of methoxy groups -OCH3 is 1. The van der Waals surface area contributed by atoms with Crippen LogP contribution in [0.2, 0.25) is 0 Å². The van der Waals surface area contributed by atoms with Crippen LogP contribution >= 0.6 is 0 Å². The number of benzene rings is 3. The number of carbonyl (C=O) groups is 1. The van der Waals surface area contributed by atoms with Crippen LogP contribution in [0.3, 0.4) is 0 Å². The number of carbonyl (C=O) groups excluding carboxylic acids is 1. The van der Waals surface area contributed by atoms with Crippen molar-refractivity contribution in [3.63, 3.8) is 0 Å². The smallest absolute Gasteiger partial charge is 0.465 e. The Kier molecular flexibility index (Phi) is 8.53. The number of hydrogen-bond donors (Lipinski definition) is 0. The Labute approximate surface area is 214 Å². The van der Waals surface area contributed by atoms with Gasteiger partial charge in [0.1, 0.15) is 5.75 Å². The summed E-state index contributed by atoms with van der Waals surface area (Å²) in [6.45, 7) is 5.85. The highest BCUT2D eigenvalue weighted by molar-refractivity contribution is 7.92. The molecule has 0 bridgehead atoms. The van der Waals surface area contributed by atoms with Gasteiger partial charge in [-0.15, -0.1) is 13.2 Å². The lowest BCUT2D eigenvalue weighted by Gasteiger charge is -2.25. The third-order valence-corrected chi connectivity index (χ3v) is 7.47. The van der Waals surface area contributed by atoms with Crippen LogP contribution in [0.5, 0.6) is 5.75 Å². The number of nitrogens with zero attached hydrogens (tertiary/aromatic N) is 1. The van der Waals surface area contributed by atoms with Crippen LogP contribution in [0.25, 0.3) is 11.1 Å². The summed E-state index contributed by atoms with van der Waals surface area (Å²) in [7, 11) is -2.78. The Morgan fingerprint density at radius 3 is 2.00 bits per heavy atom. The Bertz CT molecular complexity index is 1340. The molecule has 0 saturated carbocycles. The standard InChI is InChI=1S/C27H28F3NO5S/c1-5-16-31(37(33,34)23-14-15-24(18(2)3)25(17-23)26(32)35-4)21-10-6-19(7-11-21)20-8-12-22(13-9-20)36-27(28,29)30/h6-15,17-18H,5,16H2,1-4H3. The minimum Gasteiger partial charge on any atom is -0.465 e. The molecule has 0 fully saturated rings. The van der Waals surface area contributed by atoms with E-state index in [9.17, 15) is 26.4 Å². The maximum atomic E-state index is 13.6. The summed E-state index contributed by atoms with van der Waals surface area (Å²) < 4.78 is 74.5. The topological polar surface area (TPSA) is 72.9 Å². The van der Waals surface area contributed by atoms with Crippen LogP contribution in [0.1, 0.15) is 49.0 Å². The van der Waals surface area contributed by atoms with Gasteiger partial charge in [-0.3, -0.25) is 4.31 Å². The Morgan fingerprint density at radius 2 is 1.51 bits per heavy atom. The van der Waals surface area contributed by atoms with Gasteiger partial charge in [-0.1, -0.05) is 51.1 Å². The van der Waals surface area contributed by atoms with Crippen LogP contribution in [0, 0.1) is 0 Å². The van der Waals surface area contributed by atoms with Gasteiger partial charge in [0.25, 0.3) is 10.0 Å². The second kappa shape index (κ2) is 11.2. The molecule has 3 aromatic carbocycles. The molecule has 0 spiro atoms. The summed E-state index contributed by atoms with van der Waals surface area (Å²) in [4.78, 5) is 12.3. The average Bonchev–Trinajstić information content (AvgIpc) is 2.86. The van der Waals surface area contributed by atoms with Gasteiger partial charge in [-0.25, -0.2) is 13.2 Å². The molecule has 0 aliphatic heterocycles. The number of sulfonamides is 1. The second-order valence-electron chi connectivity index (χ2n) is 8.59. The van der Waals surface area contributed by atoms with E-state index < -0.39 is 22.4 Å². The third-order valence-electron chi connectivity index (χ3n) is 5.64. The number of anilines is 1. The van der Waals surface area contributed by atoms with Crippen LogP contribution < -0.4 is 9.04 Å². The maximum absolute atomic E-state index is 13.6. The van der Waals surface area contributed by atoms with Gasteiger partial charge in [0.05, 0.1) is 23.3 Å². The van der Waals surface area contributed by atoms with Crippen LogP contribution in [0.4, 0.5) is 18.9 Å². The van der Waals surface area contributed by atoms with E-state index in [1.807, 2.05) is 20.8 Å². The minimum absolute atomic E-state index is 0.0146. The summed E-state index contributed by atoms with van der Waals surface area (Å²) in [6, 6.07) is 16.5. The summed E-state index contributed by atoms with van der Waals surface area (Å²) >= 11 is 0. The fourth-order valence-electron chi connectivity index (χ4n) is 3.87. The second-order valence-corrected chi connectivity index (χ2v) is 10.5. The molecule has 3 rings (SSSR count). The molecule has 6 nitrogen and oxygen atoms in total. The first-order valence-corrected chi connectivity index (χ1v) is 13.0. The van der Waals surface area contributed by atoms with Crippen molar-refractivity contribution in [2.24, 2.45) is 0 Å².